The fraction of sp³-hybridized carbons (Fsp3) is 0.273. The maximum atomic E-state index is 11.4. The van der Waals surface area contributed by atoms with Crippen molar-refractivity contribution in [2.24, 2.45) is 0 Å². The Morgan fingerprint density at radius 1 is 1.31 bits per heavy atom. The highest BCUT2D eigenvalue weighted by Gasteiger charge is 2.18. The molecule has 1 rings (SSSR count). The number of carbonyl (C=O) groups excluding carboxylic acids is 1. The van der Waals surface area contributed by atoms with E-state index < -0.39 is 11.9 Å². The predicted molar refractivity (Wildman–Crippen MR) is 57.3 cm³/mol. The quantitative estimate of drug-likeness (QED) is 0.680. The van der Waals surface area contributed by atoms with E-state index in [2.05, 4.69) is 5.32 Å². The minimum atomic E-state index is -1.02. The number of aliphatic hydroxyl groups excluding tert-OH is 1. The highest BCUT2D eigenvalue weighted by molar-refractivity contribution is 5.88. The number of benzene rings is 1. The van der Waals surface area contributed by atoms with E-state index in [0.29, 0.717) is 5.56 Å². The number of carbonyl (C=O) groups is 2. The van der Waals surface area contributed by atoms with Crippen LogP contribution in [0.1, 0.15) is 21.8 Å². The molecule has 1 amide bonds. The molecule has 0 saturated carbocycles. The summed E-state index contributed by atoms with van der Waals surface area (Å²) in [5.41, 5.74) is 0.740. The van der Waals surface area contributed by atoms with Gasteiger partial charge in [0.1, 0.15) is 0 Å². The number of nitrogens with one attached hydrogen (secondary N) is 1. The van der Waals surface area contributed by atoms with Crippen LogP contribution in [0.3, 0.4) is 0 Å². The maximum Gasteiger partial charge on any atom is 0.335 e. The lowest BCUT2D eigenvalue weighted by Crippen LogP contribution is -2.28. The van der Waals surface area contributed by atoms with E-state index in [4.69, 9.17) is 10.2 Å². The van der Waals surface area contributed by atoms with Crippen molar-refractivity contribution in [1.82, 2.24) is 5.32 Å². The van der Waals surface area contributed by atoms with Gasteiger partial charge in [-0.3, -0.25) is 4.79 Å². The lowest BCUT2D eigenvalue weighted by Gasteiger charge is -2.12. The third kappa shape index (κ3) is 2.58. The molecule has 5 nitrogen and oxygen atoms in total. The molecule has 3 N–H and O–H groups in total. The van der Waals surface area contributed by atoms with E-state index >= 15 is 0 Å². The molecule has 0 aromatic heterocycles. The van der Waals surface area contributed by atoms with Gasteiger partial charge >= 0.3 is 5.97 Å². The molecule has 86 valence electrons. The predicted octanol–water partition coefficient (Wildman–Crippen LogP) is 0.207. The second-order valence-corrected chi connectivity index (χ2v) is 3.28. The van der Waals surface area contributed by atoms with Crippen LogP contribution in [0.25, 0.3) is 0 Å². The molecule has 0 spiro atoms. The van der Waals surface area contributed by atoms with E-state index in [1.165, 1.54) is 31.3 Å². The Balaban J connectivity index is 2.95. The smallest absolute Gasteiger partial charge is 0.335 e. The van der Waals surface area contributed by atoms with Crippen LogP contribution in [0.5, 0.6) is 0 Å². The summed E-state index contributed by atoms with van der Waals surface area (Å²) in [6, 6.07) is 5.87. The van der Waals surface area contributed by atoms with Crippen molar-refractivity contribution in [3.8, 4) is 0 Å². The summed E-state index contributed by atoms with van der Waals surface area (Å²) in [7, 11) is 1.48. The molecule has 0 heterocycles. The zero-order chi connectivity index (χ0) is 12.1. The average Bonchev–Trinajstić information content (AvgIpc) is 2.30. The van der Waals surface area contributed by atoms with Crippen molar-refractivity contribution in [2.75, 3.05) is 13.7 Å². The second kappa shape index (κ2) is 5.27. The molecule has 0 aliphatic carbocycles. The SMILES string of the molecule is CNC(=O)C(CO)c1ccc(C(=O)O)cc1. The van der Waals surface area contributed by atoms with Gasteiger partial charge in [-0.25, -0.2) is 4.79 Å². The van der Waals surface area contributed by atoms with Crippen LogP contribution >= 0.6 is 0 Å². The topological polar surface area (TPSA) is 86.6 Å². The normalized spacial score (nSPS) is 11.9. The highest BCUT2D eigenvalue weighted by atomic mass is 16.4. The van der Waals surface area contributed by atoms with Crippen LogP contribution in [0, 0.1) is 0 Å². The Kier molecular flexibility index (Phi) is 4.02. The van der Waals surface area contributed by atoms with Crippen LogP contribution in [-0.4, -0.2) is 35.7 Å². The lowest BCUT2D eigenvalue weighted by molar-refractivity contribution is -0.122. The van der Waals surface area contributed by atoms with E-state index in [0.717, 1.165) is 0 Å². The highest BCUT2D eigenvalue weighted by Crippen LogP contribution is 2.16. The number of likely N-dealkylation sites (N-methyl/N-ethyl adjacent to an activating group) is 1. The fourth-order valence-corrected chi connectivity index (χ4v) is 1.37. The first-order valence-corrected chi connectivity index (χ1v) is 4.76. The van der Waals surface area contributed by atoms with E-state index in [1.807, 2.05) is 0 Å². The molecule has 16 heavy (non-hydrogen) atoms. The molecule has 0 radical (unpaired) electrons. The van der Waals surface area contributed by atoms with Crippen molar-refractivity contribution in [3.05, 3.63) is 35.4 Å². The number of hydrogen-bond acceptors (Lipinski definition) is 3. The first-order chi connectivity index (χ1) is 7.60. The number of aromatic carboxylic acids is 1. The fourth-order valence-electron chi connectivity index (χ4n) is 1.37. The standard InChI is InChI=1S/C11H13NO4/c1-12-10(14)9(6-13)7-2-4-8(5-3-7)11(15)16/h2-5,9,13H,6H2,1H3,(H,12,14)(H,15,16). The Morgan fingerprint density at radius 3 is 2.25 bits per heavy atom. The molecule has 0 aliphatic heterocycles. The van der Waals surface area contributed by atoms with Crippen LogP contribution in [0.2, 0.25) is 0 Å². The number of rotatable bonds is 4. The van der Waals surface area contributed by atoms with Crippen LogP contribution in [-0.2, 0) is 4.79 Å². The second-order valence-electron chi connectivity index (χ2n) is 3.28. The molecular weight excluding hydrogens is 210 g/mol. The zero-order valence-corrected chi connectivity index (χ0v) is 8.80. The van der Waals surface area contributed by atoms with Crippen molar-refractivity contribution >= 4 is 11.9 Å². The number of hydrogen-bond donors (Lipinski definition) is 3. The minimum absolute atomic E-state index is 0.150. The number of carboxylic acid groups (broad SMARTS) is 1. The van der Waals surface area contributed by atoms with Gasteiger partial charge in [-0.1, -0.05) is 12.1 Å². The van der Waals surface area contributed by atoms with E-state index in [-0.39, 0.29) is 18.1 Å². The van der Waals surface area contributed by atoms with Gasteiger partial charge in [0, 0.05) is 7.05 Å². The Bertz CT molecular complexity index is 385. The van der Waals surface area contributed by atoms with Crippen molar-refractivity contribution in [2.45, 2.75) is 5.92 Å². The summed E-state index contributed by atoms with van der Waals surface area (Å²) in [4.78, 5) is 22.0. The molecule has 1 unspecified atom stereocenters. The minimum Gasteiger partial charge on any atom is -0.478 e. The summed E-state index contributed by atoms with van der Waals surface area (Å²) >= 11 is 0. The molecule has 1 atom stereocenters. The Hall–Kier alpha value is -1.88. The van der Waals surface area contributed by atoms with Crippen LogP contribution < -0.4 is 5.32 Å². The first-order valence-electron chi connectivity index (χ1n) is 4.76. The van der Waals surface area contributed by atoms with Gasteiger partial charge in [0.05, 0.1) is 18.1 Å². The van der Waals surface area contributed by atoms with Crippen molar-refractivity contribution in [3.63, 3.8) is 0 Å². The molecule has 5 heteroatoms. The molecule has 0 saturated heterocycles. The Morgan fingerprint density at radius 2 is 1.88 bits per heavy atom. The molecule has 0 fully saturated rings. The first kappa shape index (κ1) is 12.2. The van der Waals surface area contributed by atoms with Gasteiger partial charge in [0.2, 0.25) is 5.91 Å². The molecule has 0 bridgehead atoms. The van der Waals surface area contributed by atoms with Crippen LogP contribution in [0.15, 0.2) is 24.3 Å². The van der Waals surface area contributed by atoms with Gasteiger partial charge in [-0.15, -0.1) is 0 Å². The number of aliphatic hydroxyl groups is 1. The monoisotopic (exact) mass is 223 g/mol. The molecule has 0 aliphatic rings. The molecule has 1 aromatic rings. The van der Waals surface area contributed by atoms with Gasteiger partial charge in [0.25, 0.3) is 0 Å². The maximum absolute atomic E-state index is 11.4. The largest absolute Gasteiger partial charge is 0.478 e. The zero-order valence-electron chi connectivity index (χ0n) is 8.80. The summed E-state index contributed by atoms with van der Waals surface area (Å²) in [6.45, 7) is -0.313. The van der Waals surface area contributed by atoms with Crippen molar-refractivity contribution in [1.29, 1.82) is 0 Å². The third-order valence-electron chi connectivity index (χ3n) is 2.31. The molecule has 1 aromatic carbocycles. The van der Waals surface area contributed by atoms with E-state index in [9.17, 15) is 9.59 Å². The summed E-state index contributed by atoms with van der Waals surface area (Å²) in [6.07, 6.45) is 0. The number of amides is 1. The average molecular weight is 223 g/mol. The van der Waals surface area contributed by atoms with Gasteiger partial charge < -0.3 is 15.5 Å². The molecular formula is C11H13NO4. The Labute approximate surface area is 92.7 Å². The van der Waals surface area contributed by atoms with E-state index in [1.54, 1.807) is 0 Å². The van der Waals surface area contributed by atoms with Crippen LogP contribution in [0.4, 0.5) is 0 Å². The lowest BCUT2D eigenvalue weighted by atomic mass is 9.98. The summed E-state index contributed by atoms with van der Waals surface area (Å²) in [5, 5.41) is 20.2. The summed E-state index contributed by atoms with van der Waals surface area (Å²) in [5.74, 6) is -1.98. The summed E-state index contributed by atoms with van der Waals surface area (Å²) < 4.78 is 0. The number of carboxylic acids is 1. The van der Waals surface area contributed by atoms with Gasteiger partial charge in [-0.2, -0.15) is 0 Å². The van der Waals surface area contributed by atoms with Crippen molar-refractivity contribution < 1.29 is 19.8 Å². The van der Waals surface area contributed by atoms with Gasteiger partial charge in [-0.05, 0) is 17.7 Å². The van der Waals surface area contributed by atoms with Gasteiger partial charge in [0.15, 0.2) is 0 Å². The third-order valence-corrected chi connectivity index (χ3v) is 2.31.